The third-order valence-electron chi connectivity index (χ3n) is 5.39. The second-order valence-corrected chi connectivity index (χ2v) is 9.27. The number of carbonyl (C=O) groups excluding carboxylic acids is 1. The normalized spacial score (nSPS) is 17.6. The fourth-order valence-corrected chi connectivity index (χ4v) is 4.62. The van der Waals surface area contributed by atoms with Gasteiger partial charge >= 0.3 is 6.03 Å². The van der Waals surface area contributed by atoms with Gasteiger partial charge in [0.1, 0.15) is 5.04 Å². The van der Waals surface area contributed by atoms with Crippen LogP contribution in [0.15, 0.2) is 58.5 Å². The minimum absolute atomic E-state index is 0.0688. The molecule has 2 heterocycles. The van der Waals surface area contributed by atoms with Gasteiger partial charge in [-0.3, -0.25) is 4.99 Å². The summed E-state index contributed by atoms with van der Waals surface area (Å²) in [7, 11) is 0. The average molecular weight is 441 g/mol. The highest BCUT2D eigenvalue weighted by molar-refractivity contribution is 8.15. The Bertz CT molecular complexity index is 977. The number of piperidine rings is 1. The second-order valence-electron chi connectivity index (χ2n) is 7.58. The lowest BCUT2D eigenvalue weighted by molar-refractivity contribution is 0.175. The number of halogens is 1. The van der Waals surface area contributed by atoms with E-state index in [0.29, 0.717) is 18.1 Å². The third-order valence-corrected chi connectivity index (χ3v) is 6.48. The molecule has 7 heteroatoms. The number of rotatable bonds is 3. The number of hydrogen-bond acceptors (Lipinski definition) is 4. The molecular weight excluding hydrogens is 416 g/mol. The minimum atomic E-state index is -0.465. The Hall–Kier alpha value is -2.31. The lowest BCUT2D eigenvalue weighted by Crippen LogP contribution is -2.46. The van der Waals surface area contributed by atoms with E-state index in [0.717, 1.165) is 40.6 Å². The average Bonchev–Trinajstić information content (AvgIpc) is 3.09. The number of hydrogen-bond donors (Lipinski definition) is 1. The van der Waals surface area contributed by atoms with Crippen molar-refractivity contribution in [3.8, 4) is 0 Å². The van der Waals surface area contributed by atoms with Crippen molar-refractivity contribution in [1.29, 1.82) is 0 Å². The number of benzene rings is 2. The number of amides is 2. The SMILES string of the molecule is CCSC1=NC2(CCN(C(=O)Nc3ccc(C)cc3)CC2)N=C1c1ccc(Cl)cc1. The maximum Gasteiger partial charge on any atom is 0.321 e. The highest BCUT2D eigenvalue weighted by atomic mass is 35.5. The molecule has 0 radical (unpaired) electrons. The maximum absolute atomic E-state index is 12.7. The molecule has 1 spiro atoms. The van der Waals surface area contributed by atoms with E-state index in [9.17, 15) is 4.79 Å². The predicted octanol–water partition coefficient (Wildman–Crippen LogP) is 5.63. The molecule has 0 aliphatic carbocycles. The lowest BCUT2D eigenvalue weighted by atomic mass is 9.98. The molecule has 1 fully saturated rings. The Morgan fingerprint density at radius 1 is 1.10 bits per heavy atom. The van der Waals surface area contributed by atoms with E-state index < -0.39 is 5.66 Å². The molecule has 1 saturated heterocycles. The molecule has 1 N–H and O–H groups in total. The van der Waals surface area contributed by atoms with E-state index in [4.69, 9.17) is 21.6 Å². The van der Waals surface area contributed by atoms with Crippen molar-refractivity contribution in [1.82, 2.24) is 4.90 Å². The summed E-state index contributed by atoms with van der Waals surface area (Å²) in [5.41, 5.74) is 3.50. The van der Waals surface area contributed by atoms with Gasteiger partial charge in [-0.05, 0) is 36.9 Å². The van der Waals surface area contributed by atoms with Crippen LogP contribution in [-0.4, -0.2) is 46.2 Å². The van der Waals surface area contributed by atoms with Crippen LogP contribution in [-0.2, 0) is 0 Å². The number of likely N-dealkylation sites (tertiary alicyclic amines) is 1. The van der Waals surface area contributed by atoms with Gasteiger partial charge in [0.05, 0.1) is 5.71 Å². The first-order valence-electron chi connectivity index (χ1n) is 10.2. The topological polar surface area (TPSA) is 57.1 Å². The van der Waals surface area contributed by atoms with Crippen molar-refractivity contribution in [3.05, 3.63) is 64.7 Å². The molecule has 0 aromatic heterocycles. The number of carbonyl (C=O) groups is 1. The summed E-state index contributed by atoms with van der Waals surface area (Å²) in [5, 5.41) is 4.68. The molecule has 5 nitrogen and oxygen atoms in total. The number of urea groups is 1. The molecule has 2 aromatic rings. The molecule has 0 bridgehead atoms. The fourth-order valence-electron chi connectivity index (χ4n) is 3.69. The summed E-state index contributed by atoms with van der Waals surface area (Å²) in [6.45, 7) is 5.41. The van der Waals surface area contributed by atoms with Gasteiger partial charge in [0.2, 0.25) is 0 Å². The molecule has 2 amide bonds. The largest absolute Gasteiger partial charge is 0.324 e. The molecule has 2 aliphatic rings. The number of nitrogens with zero attached hydrogens (tertiary/aromatic N) is 3. The zero-order valence-corrected chi connectivity index (χ0v) is 18.8. The van der Waals surface area contributed by atoms with Crippen LogP contribution in [0.5, 0.6) is 0 Å². The first kappa shape index (κ1) is 20.9. The van der Waals surface area contributed by atoms with Gasteiger partial charge in [-0.1, -0.05) is 48.4 Å². The van der Waals surface area contributed by atoms with Crippen LogP contribution in [0.1, 0.15) is 30.9 Å². The fraction of sp³-hybridized carbons (Fsp3) is 0.348. The number of aliphatic imine (C=N–C) groups is 2. The Kier molecular flexibility index (Phi) is 6.16. The van der Waals surface area contributed by atoms with Crippen LogP contribution in [0.25, 0.3) is 0 Å². The summed E-state index contributed by atoms with van der Waals surface area (Å²) in [5.74, 6) is 0.937. The van der Waals surface area contributed by atoms with Gasteiger partial charge < -0.3 is 10.2 Å². The van der Waals surface area contributed by atoms with Crippen molar-refractivity contribution in [3.63, 3.8) is 0 Å². The smallest absolute Gasteiger partial charge is 0.321 e. The highest BCUT2D eigenvalue weighted by Gasteiger charge is 2.40. The van der Waals surface area contributed by atoms with E-state index in [1.165, 1.54) is 5.56 Å². The van der Waals surface area contributed by atoms with Crippen molar-refractivity contribution in [2.24, 2.45) is 9.98 Å². The van der Waals surface area contributed by atoms with Crippen molar-refractivity contribution >= 4 is 45.8 Å². The molecule has 30 heavy (non-hydrogen) atoms. The van der Waals surface area contributed by atoms with Crippen LogP contribution >= 0.6 is 23.4 Å². The number of aryl methyl sites for hydroxylation is 1. The predicted molar refractivity (Wildman–Crippen MR) is 127 cm³/mol. The molecule has 2 aliphatic heterocycles. The van der Waals surface area contributed by atoms with Gasteiger partial charge in [-0.2, -0.15) is 0 Å². The summed E-state index contributed by atoms with van der Waals surface area (Å²) in [6.07, 6.45) is 1.44. The van der Waals surface area contributed by atoms with E-state index in [-0.39, 0.29) is 6.03 Å². The van der Waals surface area contributed by atoms with Gasteiger partial charge in [-0.15, -0.1) is 11.8 Å². The molecule has 2 aromatic carbocycles. The Morgan fingerprint density at radius 3 is 2.40 bits per heavy atom. The highest BCUT2D eigenvalue weighted by Crippen LogP contribution is 2.35. The summed E-state index contributed by atoms with van der Waals surface area (Å²) >= 11 is 7.77. The zero-order valence-electron chi connectivity index (χ0n) is 17.2. The minimum Gasteiger partial charge on any atom is -0.324 e. The first-order chi connectivity index (χ1) is 14.5. The van der Waals surface area contributed by atoms with Gasteiger partial charge in [0.25, 0.3) is 0 Å². The number of thioether (sulfide) groups is 1. The Balaban J connectivity index is 1.46. The van der Waals surface area contributed by atoms with Gasteiger partial charge in [0, 0.05) is 42.2 Å². The van der Waals surface area contributed by atoms with Crippen molar-refractivity contribution in [2.75, 3.05) is 24.2 Å². The monoisotopic (exact) mass is 440 g/mol. The summed E-state index contributed by atoms with van der Waals surface area (Å²) < 4.78 is 0. The van der Waals surface area contributed by atoms with Gasteiger partial charge in [-0.25, -0.2) is 9.79 Å². The van der Waals surface area contributed by atoms with E-state index in [1.807, 2.05) is 60.4 Å². The van der Waals surface area contributed by atoms with Gasteiger partial charge in [0.15, 0.2) is 5.66 Å². The Labute approximate surface area is 186 Å². The summed E-state index contributed by atoms with van der Waals surface area (Å²) in [6, 6.07) is 15.5. The Morgan fingerprint density at radius 2 is 1.77 bits per heavy atom. The molecule has 0 saturated carbocycles. The molecule has 156 valence electrons. The van der Waals surface area contributed by atoms with Crippen LogP contribution < -0.4 is 5.32 Å². The third kappa shape index (κ3) is 4.55. The molecule has 4 rings (SSSR count). The van der Waals surface area contributed by atoms with Crippen LogP contribution in [0, 0.1) is 6.92 Å². The van der Waals surface area contributed by atoms with Crippen LogP contribution in [0.3, 0.4) is 0 Å². The number of nitrogens with one attached hydrogen (secondary N) is 1. The van der Waals surface area contributed by atoms with Crippen LogP contribution in [0.2, 0.25) is 5.02 Å². The molecule has 0 unspecified atom stereocenters. The molecule has 0 atom stereocenters. The lowest BCUT2D eigenvalue weighted by Gasteiger charge is -2.35. The van der Waals surface area contributed by atoms with Crippen molar-refractivity contribution in [2.45, 2.75) is 32.4 Å². The standard InChI is InChI=1S/C23H25ClN4OS/c1-3-30-21-20(17-6-8-18(24)9-7-17)26-23(27-21)12-14-28(15-13-23)22(29)25-19-10-4-16(2)5-11-19/h4-11H,3,12-15H2,1-2H3,(H,25,29). The zero-order chi connectivity index (χ0) is 21.1. The van der Waals surface area contributed by atoms with E-state index in [2.05, 4.69) is 12.2 Å². The quantitative estimate of drug-likeness (QED) is 0.672. The van der Waals surface area contributed by atoms with Crippen LogP contribution in [0.4, 0.5) is 10.5 Å². The maximum atomic E-state index is 12.7. The summed E-state index contributed by atoms with van der Waals surface area (Å²) in [4.78, 5) is 24.6. The van der Waals surface area contributed by atoms with E-state index in [1.54, 1.807) is 11.8 Å². The number of anilines is 1. The second kappa shape index (κ2) is 8.82. The first-order valence-corrected chi connectivity index (χ1v) is 11.6. The van der Waals surface area contributed by atoms with Crippen molar-refractivity contribution < 1.29 is 4.79 Å². The molecular formula is C23H25ClN4OS. The van der Waals surface area contributed by atoms with E-state index >= 15 is 0 Å².